The molecule has 0 radical (unpaired) electrons. The average Bonchev–Trinajstić information content (AvgIpc) is 3.12. The molecular formula is C21H20N6O. The van der Waals surface area contributed by atoms with Gasteiger partial charge in [0, 0.05) is 36.1 Å². The van der Waals surface area contributed by atoms with Gasteiger partial charge in [-0.05, 0) is 55.6 Å². The number of hydrogen-bond donors (Lipinski definition) is 2. The predicted octanol–water partition coefficient (Wildman–Crippen LogP) is 3.33. The SMILES string of the molecule is CN(C)Cc1cncc(-c2ccc3[nH]nc(C(=O)Nc4cccnc4)c3c2)c1. The summed E-state index contributed by atoms with van der Waals surface area (Å²) in [7, 11) is 4.05. The molecular weight excluding hydrogens is 352 g/mol. The van der Waals surface area contributed by atoms with Crippen LogP contribution in [0.4, 0.5) is 5.69 Å². The van der Waals surface area contributed by atoms with Crippen molar-refractivity contribution in [3.8, 4) is 11.1 Å². The van der Waals surface area contributed by atoms with Crippen LogP contribution in [0.3, 0.4) is 0 Å². The van der Waals surface area contributed by atoms with Crippen molar-refractivity contribution in [3.05, 3.63) is 72.4 Å². The zero-order valence-electron chi connectivity index (χ0n) is 15.7. The molecule has 140 valence electrons. The number of pyridine rings is 2. The van der Waals surface area contributed by atoms with E-state index in [0.29, 0.717) is 11.4 Å². The lowest BCUT2D eigenvalue weighted by molar-refractivity contribution is 0.102. The maximum Gasteiger partial charge on any atom is 0.276 e. The van der Waals surface area contributed by atoms with E-state index < -0.39 is 0 Å². The van der Waals surface area contributed by atoms with Crippen LogP contribution in [-0.4, -0.2) is 45.1 Å². The molecule has 0 unspecified atom stereocenters. The number of nitrogens with one attached hydrogen (secondary N) is 2. The Kier molecular flexibility index (Phi) is 4.82. The largest absolute Gasteiger partial charge is 0.319 e. The van der Waals surface area contributed by atoms with E-state index >= 15 is 0 Å². The van der Waals surface area contributed by atoms with Crippen molar-refractivity contribution in [1.29, 1.82) is 0 Å². The van der Waals surface area contributed by atoms with E-state index in [1.54, 1.807) is 24.5 Å². The second kappa shape index (κ2) is 7.58. The standard InChI is InChI=1S/C21H20N6O/c1-27(2)13-14-8-16(11-23-10-14)15-5-6-19-18(9-15)20(26-25-19)21(28)24-17-4-3-7-22-12-17/h3-12H,13H2,1-2H3,(H,24,28)(H,25,26). The predicted molar refractivity (Wildman–Crippen MR) is 109 cm³/mol. The zero-order chi connectivity index (χ0) is 19.5. The van der Waals surface area contributed by atoms with Gasteiger partial charge < -0.3 is 10.2 Å². The van der Waals surface area contributed by atoms with Crippen molar-refractivity contribution in [2.24, 2.45) is 0 Å². The van der Waals surface area contributed by atoms with Gasteiger partial charge in [0.1, 0.15) is 0 Å². The van der Waals surface area contributed by atoms with E-state index in [4.69, 9.17) is 0 Å². The fourth-order valence-electron chi connectivity index (χ4n) is 3.09. The van der Waals surface area contributed by atoms with Crippen LogP contribution >= 0.6 is 0 Å². The first-order valence-electron chi connectivity index (χ1n) is 8.89. The smallest absolute Gasteiger partial charge is 0.276 e. The summed E-state index contributed by atoms with van der Waals surface area (Å²) in [6, 6.07) is 11.6. The number of carbonyl (C=O) groups excluding carboxylic acids is 1. The molecule has 2 N–H and O–H groups in total. The molecule has 0 spiro atoms. The van der Waals surface area contributed by atoms with Gasteiger partial charge in [0.05, 0.1) is 17.4 Å². The fraction of sp³-hybridized carbons (Fsp3) is 0.143. The molecule has 3 heterocycles. The normalized spacial score (nSPS) is 11.1. The number of rotatable bonds is 5. The Balaban J connectivity index is 1.67. The van der Waals surface area contributed by atoms with Gasteiger partial charge in [0.15, 0.2) is 5.69 Å². The highest BCUT2D eigenvalue weighted by Gasteiger charge is 2.15. The van der Waals surface area contributed by atoms with E-state index in [1.807, 2.05) is 44.7 Å². The van der Waals surface area contributed by atoms with Crippen molar-refractivity contribution in [2.75, 3.05) is 19.4 Å². The van der Waals surface area contributed by atoms with Gasteiger partial charge in [0.25, 0.3) is 5.91 Å². The Morgan fingerprint density at radius 1 is 1.07 bits per heavy atom. The highest BCUT2D eigenvalue weighted by molar-refractivity contribution is 6.11. The van der Waals surface area contributed by atoms with Crippen LogP contribution in [0, 0.1) is 0 Å². The minimum Gasteiger partial charge on any atom is -0.319 e. The van der Waals surface area contributed by atoms with Crippen LogP contribution in [0.25, 0.3) is 22.0 Å². The molecule has 0 aliphatic heterocycles. The Morgan fingerprint density at radius 3 is 2.75 bits per heavy atom. The highest BCUT2D eigenvalue weighted by Crippen LogP contribution is 2.26. The first-order valence-corrected chi connectivity index (χ1v) is 8.89. The molecule has 4 rings (SSSR count). The number of amides is 1. The molecule has 1 amide bonds. The first kappa shape index (κ1) is 17.8. The lowest BCUT2D eigenvalue weighted by Gasteiger charge is -2.10. The number of H-pyrrole nitrogens is 1. The minimum atomic E-state index is -0.282. The number of benzene rings is 1. The van der Waals surface area contributed by atoms with Crippen molar-refractivity contribution in [3.63, 3.8) is 0 Å². The van der Waals surface area contributed by atoms with E-state index in [9.17, 15) is 4.79 Å². The Labute approximate surface area is 162 Å². The number of anilines is 1. The number of fused-ring (bicyclic) bond motifs is 1. The molecule has 3 aromatic heterocycles. The van der Waals surface area contributed by atoms with E-state index in [2.05, 4.69) is 36.4 Å². The third-order valence-corrected chi connectivity index (χ3v) is 4.32. The lowest BCUT2D eigenvalue weighted by Crippen LogP contribution is -2.12. The molecule has 0 saturated carbocycles. The molecule has 1 aromatic carbocycles. The number of carbonyl (C=O) groups is 1. The summed E-state index contributed by atoms with van der Waals surface area (Å²) in [6.45, 7) is 0.813. The van der Waals surface area contributed by atoms with Crippen LogP contribution < -0.4 is 5.32 Å². The number of aromatic amines is 1. The minimum absolute atomic E-state index is 0.282. The molecule has 7 heteroatoms. The summed E-state index contributed by atoms with van der Waals surface area (Å²) >= 11 is 0. The van der Waals surface area contributed by atoms with E-state index in [-0.39, 0.29) is 5.91 Å². The Hall–Kier alpha value is -3.58. The summed E-state index contributed by atoms with van der Waals surface area (Å²) < 4.78 is 0. The highest BCUT2D eigenvalue weighted by atomic mass is 16.1. The number of nitrogens with zero attached hydrogens (tertiary/aromatic N) is 4. The molecule has 28 heavy (non-hydrogen) atoms. The van der Waals surface area contributed by atoms with Crippen LogP contribution in [-0.2, 0) is 6.54 Å². The van der Waals surface area contributed by atoms with Gasteiger partial charge >= 0.3 is 0 Å². The monoisotopic (exact) mass is 372 g/mol. The Bertz CT molecular complexity index is 1120. The fourth-order valence-corrected chi connectivity index (χ4v) is 3.09. The van der Waals surface area contributed by atoms with Gasteiger partial charge in [-0.1, -0.05) is 6.07 Å². The van der Waals surface area contributed by atoms with Crippen molar-refractivity contribution in [1.82, 2.24) is 25.1 Å². The van der Waals surface area contributed by atoms with Crippen LogP contribution in [0.2, 0.25) is 0 Å². The molecule has 0 bridgehead atoms. The summed E-state index contributed by atoms with van der Waals surface area (Å²) in [5.74, 6) is -0.282. The third kappa shape index (κ3) is 3.74. The molecule has 0 atom stereocenters. The molecule has 0 aliphatic carbocycles. The van der Waals surface area contributed by atoms with Crippen molar-refractivity contribution >= 4 is 22.5 Å². The summed E-state index contributed by atoms with van der Waals surface area (Å²) in [6.07, 6.45) is 6.95. The average molecular weight is 372 g/mol. The maximum atomic E-state index is 12.7. The third-order valence-electron chi connectivity index (χ3n) is 4.32. The number of aromatic nitrogens is 4. The van der Waals surface area contributed by atoms with Crippen molar-refractivity contribution < 1.29 is 4.79 Å². The van der Waals surface area contributed by atoms with E-state index in [1.165, 1.54) is 0 Å². The van der Waals surface area contributed by atoms with Crippen LogP contribution in [0.15, 0.2) is 61.2 Å². The first-order chi connectivity index (χ1) is 13.6. The summed E-state index contributed by atoms with van der Waals surface area (Å²) in [4.78, 5) is 23.1. The van der Waals surface area contributed by atoms with Crippen molar-refractivity contribution in [2.45, 2.75) is 6.54 Å². The van der Waals surface area contributed by atoms with Crippen LogP contribution in [0.5, 0.6) is 0 Å². The second-order valence-electron chi connectivity index (χ2n) is 6.85. The second-order valence-corrected chi connectivity index (χ2v) is 6.85. The molecule has 0 saturated heterocycles. The van der Waals surface area contributed by atoms with Gasteiger partial charge in [-0.15, -0.1) is 0 Å². The summed E-state index contributed by atoms with van der Waals surface area (Å²) in [5, 5.41) is 10.7. The van der Waals surface area contributed by atoms with Gasteiger partial charge in [-0.25, -0.2) is 0 Å². The quantitative estimate of drug-likeness (QED) is 0.561. The molecule has 7 nitrogen and oxygen atoms in total. The zero-order valence-corrected chi connectivity index (χ0v) is 15.7. The van der Waals surface area contributed by atoms with Gasteiger partial charge in [0.2, 0.25) is 0 Å². The van der Waals surface area contributed by atoms with Crippen LogP contribution in [0.1, 0.15) is 16.1 Å². The number of hydrogen-bond acceptors (Lipinski definition) is 5. The summed E-state index contributed by atoms with van der Waals surface area (Å²) in [5.41, 5.74) is 4.89. The van der Waals surface area contributed by atoms with Gasteiger partial charge in [-0.2, -0.15) is 5.10 Å². The van der Waals surface area contributed by atoms with Gasteiger partial charge in [-0.3, -0.25) is 19.9 Å². The molecule has 0 aliphatic rings. The molecule has 0 fully saturated rings. The lowest BCUT2D eigenvalue weighted by atomic mass is 10.0. The molecule has 4 aromatic rings. The van der Waals surface area contributed by atoms with E-state index in [0.717, 1.165) is 34.1 Å². The Morgan fingerprint density at radius 2 is 1.96 bits per heavy atom. The topological polar surface area (TPSA) is 86.8 Å². The maximum absolute atomic E-state index is 12.7.